The molecule has 0 saturated heterocycles. The minimum atomic E-state index is -3.57. The van der Waals surface area contributed by atoms with Gasteiger partial charge in [0.25, 0.3) is 0 Å². The molecule has 3 aromatic carbocycles. The van der Waals surface area contributed by atoms with Crippen LogP contribution in [0.25, 0.3) is 0 Å². The number of phenolic OH excluding ortho intramolecular Hbond substituents is 1. The average molecular weight is 540 g/mol. The van der Waals surface area contributed by atoms with Gasteiger partial charge in [0.15, 0.2) is 0 Å². The highest BCUT2D eigenvalue weighted by Gasteiger charge is 2.21. The van der Waals surface area contributed by atoms with Crippen LogP contribution >= 0.6 is 0 Å². The van der Waals surface area contributed by atoms with E-state index in [9.17, 15) is 23.4 Å². The van der Waals surface area contributed by atoms with E-state index in [0.29, 0.717) is 24.9 Å². The number of aromatic hydroxyl groups is 1. The van der Waals surface area contributed by atoms with Crippen LogP contribution in [-0.2, 0) is 34.1 Å². The summed E-state index contributed by atoms with van der Waals surface area (Å²) in [6, 6.07) is 22.3. The van der Waals surface area contributed by atoms with Crippen molar-refractivity contribution in [2.45, 2.75) is 44.8 Å². The maximum Gasteiger partial charge on any atom is 0.229 e. The fraction of sp³-hybridized carbons (Fsp3) is 0.345. The van der Waals surface area contributed by atoms with E-state index in [0.717, 1.165) is 23.8 Å². The molecule has 1 amide bonds. The van der Waals surface area contributed by atoms with Crippen molar-refractivity contribution in [3.05, 3.63) is 95.1 Å². The standard InChI is InChI=1S/C29H37N3O5S/c1-29(2,31-20-27(34)24-12-13-26(33)25(18-24)32-38(3,36)37)19-23-11-7-10-22(16-23)17-28(35)30-15-14-21-8-5-4-6-9-21/h4-13,16,18,27,31-34H,14-15,17,19-20H2,1-3H3,(H,30,35)/t27-/m0/s1. The second kappa shape index (κ2) is 12.9. The van der Waals surface area contributed by atoms with Crippen LogP contribution in [0.4, 0.5) is 5.69 Å². The normalized spacial score (nSPS) is 12.6. The first-order valence-corrected chi connectivity index (χ1v) is 14.4. The molecule has 9 heteroatoms. The van der Waals surface area contributed by atoms with Crippen LogP contribution in [0.1, 0.15) is 42.2 Å². The third-order valence-electron chi connectivity index (χ3n) is 6.06. The zero-order valence-electron chi connectivity index (χ0n) is 22.1. The zero-order valence-corrected chi connectivity index (χ0v) is 22.9. The number of aliphatic hydroxyl groups excluding tert-OH is 1. The highest BCUT2D eigenvalue weighted by Crippen LogP contribution is 2.28. The zero-order chi connectivity index (χ0) is 27.8. The van der Waals surface area contributed by atoms with Crippen LogP contribution in [0, 0.1) is 0 Å². The molecular weight excluding hydrogens is 502 g/mol. The van der Waals surface area contributed by atoms with Crippen molar-refractivity contribution in [2.24, 2.45) is 0 Å². The molecule has 38 heavy (non-hydrogen) atoms. The number of β-amino-alcohol motifs (C(OH)–C–C–N with tert-alkyl or cyclic N) is 1. The molecule has 204 valence electrons. The molecule has 0 radical (unpaired) electrons. The predicted octanol–water partition coefficient (Wildman–Crippen LogP) is 3.31. The smallest absolute Gasteiger partial charge is 0.229 e. The van der Waals surface area contributed by atoms with Gasteiger partial charge in [0.2, 0.25) is 15.9 Å². The van der Waals surface area contributed by atoms with Gasteiger partial charge in [0.1, 0.15) is 5.75 Å². The Morgan fingerprint density at radius 2 is 1.63 bits per heavy atom. The van der Waals surface area contributed by atoms with Crippen molar-refractivity contribution < 1.29 is 23.4 Å². The third kappa shape index (κ3) is 9.81. The number of anilines is 1. The van der Waals surface area contributed by atoms with E-state index < -0.39 is 16.1 Å². The fourth-order valence-corrected chi connectivity index (χ4v) is 4.76. The average Bonchev–Trinajstić information content (AvgIpc) is 2.84. The molecule has 0 spiro atoms. The number of carbonyl (C=O) groups excluding carboxylic acids is 1. The molecule has 0 heterocycles. The van der Waals surface area contributed by atoms with Crippen LogP contribution in [0.5, 0.6) is 5.75 Å². The number of hydrogen-bond donors (Lipinski definition) is 5. The Balaban J connectivity index is 1.52. The lowest BCUT2D eigenvalue weighted by molar-refractivity contribution is -0.120. The van der Waals surface area contributed by atoms with Crippen molar-refractivity contribution in [3.8, 4) is 5.75 Å². The topological polar surface area (TPSA) is 128 Å². The second-order valence-corrected chi connectivity index (χ2v) is 11.9. The summed E-state index contributed by atoms with van der Waals surface area (Å²) in [5.41, 5.74) is 3.30. The van der Waals surface area contributed by atoms with Gasteiger partial charge in [-0.05, 0) is 61.1 Å². The van der Waals surface area contributed by atoms with E-state index in [2.05, 4.69) is 15.4 Å². The quantitative estimate of drug-likeness (QED) is 0.212. The van der Waals surface area contributed by atoms with Gasteiger partial charge in [0, 0.05) is 18.6 Å². The van der Waals surface area contributed by atoms with Gasteiger partial charge in [-0.1, -0.05) is 60.7 Å². The minimum Gasteiger partial charge on any atom is -0.506 e. The fourth-order valence-electron chi connectivity index (χ4n) is 4.19. The van der Waals surface area contributed by atoms with Gasteiger partial charge in [-0.2, -0.15) is 0 Å². The molecule has 0 aliphatic carbocycles. The number of amides is 1. The molecule has 0 fully saturated rings. The van der Waals surface area contributed by atoms with Crippen molar-refractivity contribution in [1.82, 2.24) is 10.6 Å². The van der Waals surface area contributed by atoms with Crippen molar-refractivity contribution >= 4 is 21.6 Å². The van der Waals surface area contributed by atoms with Crippen molar-refractivity contribution in [2.75, 3.05) is 24.1 Å². The van der Waals surface area contributed by atoms with Gasteiger partial charge >= 0.3 is 0 Å². The first kappa shape index (κ1) is 29.2. The summed E-state index contributed by atoms with van der Waals surface area (Å²) in [5.74, 6) is -0.235. The van der Waals surface area contributed by atoms with Crippen LogP contribution in [-0.4, -0.2) is 49.4 Å². The Labute approximate surface area is 225 Å². The number of phenols is 1. The molecule has 3 rings (SSSR count). The number of hydrogen-bond acceptors (Lipinski definition) is 6. The highest BCUT2D eigenvalue weighted by atomic mass is 32.2. The maximum absolute atomic E-state index is 12.4. The van der Waals surface area contributed by atoms with E-state index >= 15 is 0 Å². The predicted molar refractivity (Wildman–Crippen MR) is 151 cm³/mol. The van der Waals surface area contributed by atoms with Crippen LogP contribution in [0.15, 0.2) is 72.8 Å². The van der Waals surface area contributed by atoms with Crippen LogP contribution in [0.3, 0.4) is 0 Å². The first-order valence-electron chi connectivity index (χ1n) is 12.5. The monoisotopic (exact) mass is 539 g/mol. The first-order chi connectivity index (χ1) is 17.9. The second-order valence-electron chi connectivity index (χ2n) is 10.2. The summed E-state index contributed by atoms with van der Waals surface area (Å²) >= 11 is 0. The number of rotatable bonds is 13. The summed E-state index contributed by atoms with van der Waals surface area (Å²) in [7, 11) is -3.57. The van der Waals surface area contributed by atoms with E-state index in [4.69, 9.17) is 0 Å². The number of aliphatic hydroxyl groups is 1. The lowest BCUT2D eigenvalue weighted by Crippen LogP contribution is -2.43. The summed E-state index contributed by atoms with van der Waals surface area (Å²) in [6.45, 7) is 4.86. The Kier molecular flexibility index (Phi) is 9.90. The van der Waals surface area contributed by atoms with E-state index in [1.165, 1.54) is 17.7 Å². The van der Waals surface area contributed by atoms with Crippen LogP contribution < -0.4 is 15.4 Å². The molecule has 0 aliphatic rings. The molecule has 8 nitrogen and oxygen atoms in total. The molecule has 0 unspecified atom stereocenters. The van der Waals surface area contributed by atoms with E-state index in [1.54, 1.807) is 6.07 Å². The van der Waals surface area contributed by atoms with Gasteiger partial charge < -0.3 is 20.8 Å². The molecule has 0 saturated carbocycles. The number of nitrogens with one attached hydrogen (secondary N) is 3. The van der Waals surface area contributed by atoms with Gasteiger partial charge in [-0.3, -0.25) is 9.52 Å². The lowest BCUT2D eigenvalue weighted by atomic mass is 9.93. The largest absolute Gasteiger partial charge is 0.506 e. The Morgan fingerprint density at radius 3 is 2.34 bits per heavy atom. The molecule has 3 aromatic rings. The van der Waals surface area contributed by atoms with Gasteiger partial charge in [-0.15, -0.1) is 0 Å². The van der Waals surface area contributed by atoms with Crippen LogP contribution in [0.2, 0.25) is 0 Å². The summed E-state index contributed by atoms with van der Waals surface area (Å²) in [4.78, 5) is 12.4. The Bertz CT molecular complexity index is 1330. The molecule has 5 N–H and O–H groups in total. The highest BCUT2D eigenvalue weighted by molar-refractivity contribution is 7.92. The van der Waals surface area contributed by atoms with Gasteiger partial charge in [-0.25, -0.2) is 8.42 Å². The molecule has 0 bridgehead atoms. The Morgan fingerprint density at radius 1 is 0.947 bits per heavy atom. The third-order valence-corrected chi connectivity index (χ3v) is 6.65. The van der Waals surface area contributed by atoms with E-state index in [-0.39, 0.29) is 29.4 Å². The maximum atomic E-state index is 12.4. The van der Waals surface area contributed by atoms with Crippen molar-refractivity contribution in [1.29, 1.82) is 0 Å². The molecule has 1 atom stereocenters. The SMILES string of the molecule is CC(C)(Cc1cccc(CC(=O)NCCc2ccccc2)c1)NC[C@H](O)c1ccc(O)c(NS(C)(=O)=O)c1. The molecule has 0 aliphatic heterocycles. The lowest BCUT2D eigenvalue weighted by Gasteiger charge is -2.28. The summed E-state index contributed by atoms with van der Waals surface area (Å²) in [5, 5.41) is 26.9. The Hall–Kier alpha value is -3.40. The number of sulfonamides is 1. The minimum absolute atomic E-state index is 0.0165. The summed E-state index contributed by atoms with van der Waals surface area (Å²) < 4.78 is 25.3. The van der Waals surface area contributed by atoms with Crippen molar-refractivity contribution in [3.63, 3.8) is 0 Å². The molecular formula is C29H37N3O5S. The van der Waals surface area contributed by atoms with Gasteiger partial charge in [0.05, 0.1) is 24.5 Å². The van der Waals surface area contributed by atoms with E-state index in [1.807, 2.05) is 68.4 Å². The molecule has 0 aromatic heterocycles. The number of carbonyl (C=O) groups is 1. The summed E-state index contributed by atoms with van der Waals surface area (Å²) in [6.07, 6.45) is 1.84. The number of benzene rings is 3.